The molecule has 3 heteroatoms. The highest BCUT2D eigenvalue weighted by molar-refractivity contribution is 5.28. The van der Waals surface area contributed by atoms with E-state index in [4.69, 9.17) is 10.5 Å². The summed E-state index contributed by atoms with van der Waals surface area (Å²) in [5.41, 5.74) is 9.06. The zero-order valence-corrected chi connectivity index (χ0v) is 10.8. The molecule has 1 unspecified atom stereocenters. The van der Waals surface area contributed by atoms with Crippen LogP contribution >= 0.6 is 0 Å². The Morgan fingerprint density at radius 2 is 2.24 bits per heavy atom. The van der Waals surface area contributed by atoms with Gasteiger partial charge in [0.1, 0.15) is 0 Å². The Kier molecular flexibility index (Phi) is 4.63. The number of fused-ring (bicyclic) bond motifs is 1. The summed E-state index contributed by atoms with van der Waals surface area (Å²) in [6.45, 7) is 1.95. The topological polar surface area (TPSA) is 40.2 Å². The van der Waals surface area contributed by atoms with Gasteiger partial charge in [-0.2, -0.15) is 0 Å². The van der Waals surface area contributed by atoms with E-state index < -0.39 is 0 Å². The van der Waals surface area contributed by atoms with Gasteiger partial charge in [0, 0.05) is 38.7 Å². The molecule has 1 aliphatic carbocycles. The van der Waals surface area contributed by atoms with Gasteiger partial charge in [-0.3, -0.25) is 0 Å². The summed E-state index contributed by atoms with van der Waals surface area (Å²) in [6, 6.07) is 0.257. The molecule has 3 nitrogen and oxygen atoms in total. The van der Waals surface area contributed by atoms with Gasteiger partial charge in [-0.05, 0) is 43.2 Å². The molecular formula is C14H24N2O. The minimum Gasteiger partial charge on any atom is -0.385 e. The van der Waals surface area contributed by atoms with Gasteiger partial charge >= 0.3 is 0 Å². The van der Waals surface area contributed by atoms with Crippen LogP contribution in [0.4, 0.5) is 0 Å². The number of aromatic nitrogens is 1. The second-order valence-corrected chi connectivity index (χ2v) is 5.03. The summed E-state index contributed by atoms with van der Waals surface area (Å²) >= 11 is 0. The van der Waals surface area contributed by atoms with Crippen LogP contribution in [0, 0.1) is 0 Å². The monoisotopic (exact) mass is 236 g/mol. The van der Waals surface area contributed by atoms with E-state index in [9.17, 15) is 0 Å². The molecule has 96 valence electrons. The molecule has 1 atom stereocenters. The van der Waals surface area contributed by atoms with Gasteiger partial charge in [0.15, 0.2) is 0 Å². The van der Waals surface area contributed by atoms with Crippen LogP contribution in [-0.4, -0.2) is 18.3 Å². The molecule has 0 saturated heterocycles. The quantitative estimate of drug-likeness (QED) is 0.630. The Balaban J connectivity index is 1.94. The standard InChI is InChI=1S/C14H24N2O/c1-17-9-5-4-8-16-10-12-6-2-3-7-14(15)13(12)11-16/h10-11,14H,2-9,15H2,1H3. The van der Waals surface area contributed by atoms with E-state index in [-0.39, 0.29) is 6.04 Å². The maximum atomic E-state index is 6.20. The van der Waals surface area contributed by atoms with Crippen LogP contribution in [0.3, 0.4) is 0 Å². The van der Waals surface area contributed by atoms with Crippen molar-refractivity contribution in [1.29, 1.82) is 0 Å². The Hall–Kier alpha value is -0.800. The van der Waals surface area contributed by atoms with Crippen LogP contribution in [0.1, 0.15) is 49.3 Å². The lowest BCUT2D eigenvalue weighted by atomic mass is 10.1. The normalized spacial score (nSPS) is 20.0. The molecule has 0 spiro atoms. The Morgan fingerprint density at radius 3 is 3.06 bits per heavy atom. The smallest absolute Gasteiger partial charge is 0.0462 e. The number of rotatable bonds is 5. The fourth-order valence-corrected chi connectivity index (χ4v) is 2.62. The van der Waals surface area contributed by atoms with Crippen molar-refractivity contribution in [3.63, 3.8) is 0 Å². The van der Waals surface area contributed by atoms with E-state index in [0.29, 0.717) is 0 Å². The summed E-state index contributed by atoms with van der Waals surface area (Å²) in [4.78, 5) is 0. The third kappa shape index (κ3) is 3.33. The Morgan fingerprint density at radius 1 is 1.35 bits per heavy atom. The lowest BCUT2D eigenvalue weighted by molar-refractivity contribution is 0.191. The Bertz CT molecular complexity index is 346. The molecule has 1 aromatic rings. The number of hydrogen-bond acceptors (Lipinski definition) is 2. The molecule has 0 fully saturated rings. The third-order valence-corrected chi connectivity index (χ3v) is 3.62. The molecule has 0 saturated carbocycles. The molecule has 1 aromatic heterocycles. The molecule has 0 radical (unpaired) electrons. The summed E-state index contributed by atoms with van der Waals surface area (Å²) in [6.07, 6.45) is 11.8. The average Bonchev–Trinajstić information content (AvgIpc) is 2.66. The molecule has 17 heavy (non-hydrogen) atoms. The molecule has 2 rings (SSSR count). The molecule has 2 N–H and O–H groups in total. The SMILES string of the molecule is COCCCCn1cc2c(c1)C(N)CCCC2. The first-order chi connectivity index (χ1) is 8.31. The first kappa shape index (κ1) is 12.7. The summed E-state index contributed by atoms with van der Waals surface area (Å²) in [7, 11) is 1.76. The van der Waals surface area contributed by atoms with Crippen molar-refractivity contribution in [2.24, 2.45) is 5.73 Å². The van der Waals surface area contributed by atoms with Crippen molar-refractivity contribution in [3.05, 3.63) is 23.5 Å². The summed E-state index contributed by atoms with van der Waals surface area (Å²) in [5.74, 6) is 0. The van der Waals surface area contributed by atoms with E-state index in [1.165, 1.54) is 36.8 Å². The number of nitrogens with zero attached hydrogens (tertiary/aromatic N) is 1. The van der Waals surface area contributed by atoms with Gasteiger partial charge in [0.25, 0.3) is 0 Å². The maximum Gasteiger partial charge on any atom is 0.0462 e. The average molecular weight is 236 g/mol. The van der Waals surface area contributed by atoms with Crippen LogP contribution < -0.4 is 5.73 Å². The minimum atomic E-state index is 0.257. The number of nitrogens with two attached hydrogens (primary N) is 1. The number of ether oxygens (including phenoxy) is 1. The predicted molar refractivity (Wildman–Crippen MR) is 70.0 cm³/mol. The second-order valence-electron chi connectivity index (χ2n) is 5.03. The van der Waals surface area contributed by atoms with Gasteiger partial charge < -0.3 is 15.0 Å². The molecule has 1 heterocycles. The summed E-state index contributed by atoms with van der Waals surface area (Å²) < 4.78 is 7.38. The molecule has 0 aromatic carbocycles. The minimum absolute atomic E-state index is 0.257. The summed E-state index contributed by atoms with van der Waals surface area (Å²) in [5, 5.41) is 0. The van der Waals surface area contributed by atoms with Crippen LogP contribution in [0.15, 0.2) is 12.4 Å². The highest BCUT2D eigenvalue weighted by Gasteiger charge is 2.16. The van der Waals surface area contributed by atoms with Crippen LogP contribution in [-0.2, 0) is 17.7 Å². The number of aryl methyl sites for hydroxylation is 2. The van der Waals surface area contributed by atoms with Gasteiger partial charge in [-0.1, -0.05) is 6.42 Å². The maximum absolute atomic E-state index is 6.20. The molecule has 1 aliphatic rings. The zero-order valence-electron chi connectivity index (χ0n) is 10.8. The first-order valence-corrected chi connectivity index (χ1v) is 6.74. The predicted octanol–water partition coefficient (Wildman–Crippen LogP) is 2.64. The highest BCUT2D eigenvalue weighted by Crippen LogP contribution is 2.27. The van der Waals surface area contributed by atoms with Crippen LogP contribution in [0.25, 0.3) is 0 Å². The molecular weight excluding hydrogens is 212 g/mol. The first-order valence-electron chi connectivity index (χ1n) is 6.74. The van der Waals surface area contributed by atoms with Crippen molar-refractivity contribution in [2.75, 3.05) is 13.7 Å². The van der Waals surface area contributed by atoms with E-state index in [1.54, 1.807) is 7.11 Å². The van der Waals surface area contributed by atoms with Crippen molar-refractivity contribution in [2.45, 2.75) is 51.1 Å². The van der Waals surface area contributed by atoms with Crippen LogP contribution in [0.5, 0.6) is 0 Å². The van der Waals surface area contributed by atoms with Crippen molar-refractivity contribution in [3.8, 4) is 0 Å². The van der Waals surface area contributed by atoms with Crippen LogP contribution in [0.2, 0.25) is 0 Å². The van der Waals surface area contributed by atoms with Gasteiger partial charge in [-0.15, -0.1) is 0 Å². The van der Waals surface area contributed by atoms with Crippen molar-refractivity contribution in [1.82, 2.24) is 4.57 Å². The van der Waals surface area contributed by atoms with Crippen molar-refractivity contribution < 1.29 is 4.74 Å². The van der Waals surface area contributed by atoms with E-state index in [0.717, 1.165) is 26.0 Å². The fourth-order valence-electron chi connectivity index (χ4n) is 2.62. The van der Waals surface area contributed by atoms with Gasteiger partial charge in [0.2, 0.25) is 0 Å². The Labute approximate surface area is 104 Å². The van der Waals surface area contributed by atoms with E-state index in [1.807, 2.05) is 0 Å². The zero-order chi connectivity index (χ0) is 12.1. The number of unbranched alkanes of at least 4 members (excludes halogenated alkanes) is 1. The second kappa shape index (κ2) is 6.22. The lowest BCUT2D eigenvalue weighted by Crippen LogP contribution is -2.09. The largest absolute Gasteiger partial charge is 0.385 e. The van der Waals surface area contributed by atoms with E-state index in [2.05, 4.69) is 17.0 Å². The number of methoxy groups -OCH3 is 1. The highest BCUT2D eigenvalue weighted by atomic mass is 16.5. The van der Waals surface area contributed by atoms with Gasteiger partial charge in [0.05, 0.1) is 0 Å². The van der Waals surface area contributed by atoms with E-state index >= 15 is 0 Å². The lowest BCUT2D eigenvalue weighted by Gasteiger charge is -2.07. The molecule has 0 amide bonds. The third-order valence-electron chi connectivity index (χ3n) is 3.62. The molecule has 0 bridgehead atoms. The van der Waals surface area contributed by atoms with Crippen molar-refractivity contribution >= 4 is 0 Å². The molecule has 0 aliphatic heterocycles. The number of hydrogen-bond donors (Lipinski definition) is 1. The van der Waals surface area contributed by atoms with Gasteiger partial charge in [-0.25, -0.2) is 0 Å². The fraction of sp³-hybridized carbons (Fsp3) is 0.714.